The predicted molar refractivity (Wildman–Crippen MR) is 88.8 cm³/mol. The summed E-state index contributed by atoms with van der Waals surface area (Å²) in [6, 6.07) is 4.54. The van der Waals surface area contributed by atoms with Gasteiger partial charge in [-0.3, -0.25) is 0 Å². The Morgan fingerprint density at radius 3 is 1.83 bits per heavy atom. The molecule has 0 aliphatic heterocycles. The molecule has 0 spiro atoms. The highest BCUT2D eigenvalue weighted by Crippen LogP contribution is 2.58. The number of fused-ring (bicyclic) bond motifs is 7. The lowest BCUT2D eigenvalue weighted by molar-refractivity contribution is 1.26. The van der Waals surface area contributed by atoms with Crippen LogP contribution in [0.3, 0.4) is 0 Å². The highest BCUT2D eigenvalue weighted by atomic mass is 32.1. The highest BCUT2D eigenvalue weighted by Gasteiger charge is 2.33. The van der Waals surface area contributed by atoms with Gasteiger partial charge in [0, 0.05) is 28.6 Å². The third kappa shape index (κ3) is 1.04. The van der Waals surface area contributed by atoms with Crippen molar-refractivity contribution in [3.05, 3.63) is 34.0 Å². The summed E-state index contributed by atoms with van der Waals surface area (Å²) in [7, 11) is 2.38. The molecule has 1 aliphatic carbocycles. The first-order valence-corrected chi connectivity index (χ1v) is 9.24. The van der Waals surface area contributed by atoms with Crippen molar-refractivity contribution >= 4 is 72.0 Å². The molecule has 0 saturated heterocycles. The maximum Gasteiger partial charge on any atom is 0.117 e. The van der Waals surface area contributed by atoms with E-state index in [0.717, 1.165) is 0 Å². The SMILES string of the molecule is BC1c2c(sc3ccsc23)-c2sc3ccsc3c21. The van der Waals surface area contributed by atoms with Crippen molar-refractivity contribution in [3.8, 4) is 9.75 Å². The Balaban J connectivity index is 1.98. The van der Waals surface area contributed by atoms with E-state index in [1.807, 2.05) is 45.3 Å². The van der Waals surface area contributed by atoms with Crippen molar-refractivity contribution < 1.29 is 0 Å². The third-order valence-corrected chi connectivity index (χ3v) is 8.39. The summed E-state index contributed by atoms with van der Waals surface area (Å²) in [5, 5.41) is 4.45. The Bertz CT molecular complexity index is 829. The first-order valence-electron chi connectivity index (χ1n) is 5.84. The van der Waals surface area contributed by atoms with Gasteiger partial charge in [-0.15, -0.1) is 45.3 Å². The van der Waals surface area contributed by atoms with Gasteiger partial charge in [-0.2, -0.15) is 0 Å². The molecule has 0 unspecified atom stereocenters. The molecule has 0 aromatic carbocycles. The second kappa shape index (κ2) is 3.28. The minimum atomic E-state index is 0.579. The first-order chi connectivity index (χ1) is 8.84. The molecule has 0 radical (unpaired) electrons. The van der Waals surface area contributed by atoms with E-state index in [1.54, 1.807) is 20.9 Å². The summed E-state index contributed by atoms with van der Waals surface area (Å²) in [4.78, 5) is 3.10. The van der Waals surface area contributed by atoms with E-state index < -0.39 is 0 Å². The van der Waals surface area contributed by atoms with Crippen molar-refractivity contribution in [2.75, 3.05) is 0 Å². The number of thiophene rings is 4. The lowest BCUT2D eigenvalue weighted by atomic mass is 9.80. The van der Waals surface area contributed by atoms with Crippen LogP contribution in [-0.2, 0) is 0 Å². The zero-order valence-electron chi connectivity index (χ0n) is 9.52. The predicted octanol–water partition coefficient (Wildman–Crippen LogP) is 4.94. The molecule has 4 heterocycles. The van der Waals surface area contributed by atoms with Crippen LogP contribution in [0.25, 0.3) is 28.6 Å². The molecule has 5 heteroatoms. The molecule has 4 aromatic rings. The van der Waals surface area contributed by atoms with Gasteiger partial charge in [0.15, 0.2) is 0 Å². The average Bonchev–Trinajstić information content (AvgIpc) is 3.05. The second-order valence-electron chi connectivity index (χ2n) is 4.64. The molecular weight excluding hydrogens is 295 g/mol. The van der Waals surface area contributed by atoms with Crippen molar-refractivity contribution in [1.29, 1.82) is 0 Å². The zero-order chi connectivity index (χ0) is 11.9. The topological polar surface area (TPSA) is 0 Å². The van der Waals surface area contributed by atoms with Gasteiger partial charge < -0.3 is 0 Å². The van der Waals surface area contributed by atoms with Gasteiger partial charge in [0.1, 0.15) is 7.85 Å². The lowest BCUT2D eigenvalue weighted by Gasteiger charge is -2.03. The maximum absolute atomic E-state index is 2.38. The fourth-order valence-electron chi connectivity index (χ4n) is 2.95. The van der Waals surface area contributed by atoms with E-state index in [2.05, 4.69) is 30.7 Å². The summed E-state index contributed by atoms with van der Waals surface area (Å²) < 4.78 is 5.99. The Morgan fingerprint density at radius 2 is 1.33 bits per heavy atom. The number of hydrogen-bond acceptors (Lipinski definition) is 4. The van der Waals surface area contributed by atoms with Crippen molar-refractivity contribution in [2.45, 2.75) is 5.82 Å². The molecule has 0 atom stereocenters. The van der Waals surface area contributed by atoms with Crippen LogP contribution in [0.1, 0.15) is 16.9 Å². The highest BCUT2D eigenvalue weighted by molar-refractivity contribution is 7.34. The second-order valence-corrected chi connectivity index (χ2v) is 8.58. The summed E-state index contributed by atoms with van der Waals surface area (Å²) in [6.07, 6.45) is 0. The normalized spacial score (nSPS) is 14.7. The summed E-state index contributed by atoms with van der Waals surface area (Å²) >= 11 is 7.77. The number of rotatable bonds is 0. The molecule has 1 aliphatic rings. The quantitative estimate of drug-likeness (QED) is 0.404. The zero-order valence-corrected chi connectivity index (χ0v) is 12.8. The van der Waals surface area contributed by atoms with Crippen LogP contribution >= 0.6 is 45.3 Å². The molecule has 18 heavy (non-hydrogen) atoms. The molecule has 0 saturated carbocycles. The maximum atomic E-state index is 2.38. The van der Waals surface area contributed by atoms with Crippen LogP contribution in [0.4, 0.5) is 0 Å². The standard InChI is InChI=1S/C13H7BS4/c14-9-7-10-5(1-3-15-10)17-12(7)13-8(9)11-6(18-13)2-4-16-11/h1-4,9H,14H2. The molecule has 0 N–H and O–H groups in total. The van der Waals surface area contributed by atoms with Gasteiger partial charge >= 0.3 is 0 Å². The summed E-state index contributed by atoms with van der Waals surface area (Å²) in [6.45, 7) is 0. The Kier molecular flexibility index (Phi) is 1.86. The van der Waals surface area contributed by atoms with E-state index in [9.17, 15) is 0 Å². The molecule has 0 amide bonds. The monoisotopic (exact) mass is 302 g/mol. The van der Waals surface area contributed by atoms with Crippen LogP contribution < -0.4 is 0 Å². The number of hydrogen-bond donors (Lipinski definition) is 0. The van der Waals surface area contributed by atoms with Gasteiger partial charge in [-0.1, -0.05) is 0 Å². The van der Waals surface area contributed by atoms with Crippen LogP contribution in [-0.4, -0.2) is 7.85 Å². The largest absolute Gasteiger partial charge is 0.143 e. The first kappa shape index (κ1) is 10.2. The van der Waals surface area contributed by atoms with Gasteiger partial charge in [0.2, 0.25) is 0 Å². The summed E-state index contributed by atoms with van der Waals surface area (Å²) in [5.74, 6) is 0.579. The Morgan fingerprint density at radius 1 is 0.833 bits per heavy atom. The average molecular weight is 302 g/mol. The minimum Gasteiger partial charge on any atom is -0.143 e. The molecule has 5 rings (SSSR count). The molecule has 0 bridgehead atoms. The van der Waals surface area contributed by atoms with Crippen LogP contribution in [0.2, 0.25) is 0 Å². The van der Waals surface area contributed by atoms with Gasteiger partial charge in [-0.25, -0.2) is 0 Å². The van der Waals surface area contributed by atoms with Gasteiger partial charge in [0.25, 0.3) is 0 Å². The Labute approximate surface area is 121 Å². The summed E-state index contributed by atoms with van der Waals surface area (Å²) in [5.41, 5.74) is 3.20. The van der Waals surface area contributed by atoms with Gasteiger partial charge in [0.05, 0.1) is 0 Å². The third-order valence-electron chi connectivity index (χ3n) is 3.73. The molecule has 4 aromatic heterocycles. The molecule has 86 valence electrons. The van der Waals surface area contributed by atoms with Crippen LogP contribution in [0, 0.1) is 0 Å². The van der Waals surface area contributed by atoms with E-state index in [-0.39, 0.29) is 0 Å². The van der Waals surface area contributed by atoms with Crippen molar-refractivity contribution in [3.63, 3.8) is 0 Å². The molecule has 0 fully saturated rings. The lowest BCUT2D eigenvalue weighted by Crippen LogP contribution is -1.92. The van der Waals surface area contributed by atoms with Crippen molar-refractivity contribution in [2.24, 2.45) is 0 Å². The van der Waals surface area contributed by atoms with E-state index >= 15 is 0 Å². The van der Waals surface area contributed by atoms with Gasteiger partial charge in [-0.05, 0) is 39.8 Å². The van der Waals surface area contributed by atoms with E-state index in [0.29, 0.717) is 5.82 Å². The fraction of sp³-hybridized carbons (Fsp3) is 0.0769. The molecule has 0 nitrogen and oxygen atoms in total. The van der Waals surface area contributed by atoms with E-state index in [4.69, 9.17) is 0 Å². The fourth-order valence-corrected chi connectivity index (χ4v) is 8.20. The molecular formula is C13H7BS4. The Hall–Kier alpha value is -0.615. The van der Waals surface area contributed by atoms with Crippen molar-refractivity contribution in [1.82, 2.24) is 0 Å². The smallest absolute Gasteiger partial charge is 0.117 e. The van der Waals surface area contributed by atoms with E-state index in [1.165, 1.54) is 18.8 Å². The van der Waals surface area contributed by atoms with Crippen LogP contribution in [0.15, 0.2) is 22.9 Å². The minimum absolute atomic E-state index is 0.579. The van der Waals surface area contributed by atoms with Crippen LogP contribution in [0.5, 0.6) is 0 Å².